The highest BCUT2D eigenvalue weighted by molar-refractivity contribution is 7.91. The number of hydrogen-bond donors (Lipinski definition) is 2. The average Bonchev–Trinajstić information content (AvgIpc) is 3.00. The fourth-order valence-electron chi connectivity index (χ4n) is 3.60. The van der Waals surface area contributed by atoms with Gasteiger partial charge in [-0.1, -0.05) is 0 Å². The van der Waals surface area contributed by atoms with Crippen LogP contribution in [0.15, 0.2) is 23.2 Å². The Morgan fingerprint density at radius 3 is 2.97 bits per heavy atom. The van der Waals surface area contributed by atoms with Gasteiger partial charge in [-0.2, -0.15) is 5.10 Å². The molecule has 0 radical (unpaired) electrons. The van der Waals surface area contributed by atoms with Gasteiger partial charge < -0.3 is 15.3 Å². The molecule has 1 aromatic heterocycles. The van der Waals surface area contributed by atoms with E-state index in [1.54, 1.807) is 0 Å². The lowest BCUT2D eigenvalue weighted by molar-refractivity contribution is 0.145. The Morgan fingerprint density at radius 1 is 1.41 bits per heavy atom. The number of fused-ring (bicyclic) bond motifs is 3. The minimum atomic E-state index is -3.62. The summed E-state index contributed by atoms with van der Waals surface area (Å²) in [5.41, 5.74) is 1.16. The second kappa shape index (κ2) is 7.13. The summed E-state index contributed by atoms with van der Waals surface area (Å²) >= 11 is 0. The third kappa shape index (κ3) is 3.56. The summed E-state index contributed by atoms with van der Waals surface area (Å²) in [5, 5.41) is 17.0. The van der Waals surface area contributed by atoms with Gasteiger partial charge in [0, 0.05) is 24.2 Å². The van der Waals surface area contributed by atoms with Gasteiger partial charge in [-0.15, -0.1) is 0 Å². The highest BCUT2D eigenvalue weighted by Gasteiger charge is 2.35. The van der Waals surface area contributed by atoms with E-state index in [2.05, 4.69) is 15.3 Å². The zero-order valence-corrected chi connectivity index (χ0v) is 16.1. The molecule has 0 spiro atoms. The van der Waals surface area contributed by atoms with Gasteiger partial charge in [0.2, 0.25) is 5.69 Å². The predicted octanol–water partition coefficient (Wildman–Crippen LogP) is 1.70. The number of hydrogen-bond acceptors (Lipinski definition) is 5. The summed E-state index contributed by atoms with van der Waals surface area (Å²) in [6.45, 7) is 7.45. The standard InChI is InChI=1S/C18H18FN5O4S/c1-20-16-8-11(2-3-14(16)19)21-18(26)23-6-4-15-13(10-23)17-24(22-15)9-12(25)5-7-29(17,27)28/h2-3,8,12,25H,4-7,9-10H2,(H,21,26). The Bertz CT molecular complexity index is 1140. The van der Waals surface area contributed by atoms with E-state index >= 15 is 0 Å². The first kappa shape index (κ1) is 19.4. The van der Waals surface area contributed by atoms with Crippen LogP contribution in [0, 0.1) is 12.4 Å². The van der Waals surface area contributed by atoms with Gasteiger partial charge in [0.25, 0.3) is 0 Å². The normalized spacial score (nSPS) is 20.2. The van der Waals surface area contributed by atoms with E-state index in [9.17, 15) is 22.7 Å². The first-order chi connectivity index (χ1) is 13.8. The lowest BCUT2D eigenvalue weighted by Crippen LogP contribution is -2.39. The van der Waals surface area contributed by atoms with Crippen LogP contribution >= 0.6 is 0 Å². The zero-order valence-electron chi connectivity index (χ0n) is 15.3. The molecule has 0 fully saturated rings. The molecule has 2 aliphatic rings. The van der Waals surface area contributed by atoms with Crippen molar-refractivity contribution >= 4 is 27.2 Å². The van der Waals surface area contributed by atoms with E-state index < -0.39 is 27.8 Å². The lowest BCUT2D eigenvalue weighted by Gasteiger charge is -2.27. The number of benzene rings is 1. The molecule has 2 aliphatic heterocycles. The molecule has 3 heterocycles. The fourth-order valence-corrected chi connectivity index (χ4v) is 5.37. The quantitative estimate of drug-likeness (QED) is 0.684. The maximum atomic E-state index is 13.5. The summed E-state index contributed by atoms with van der Waals surface area (Å²) in [5.74, 6) is -0.844. The first-order valence-corrected chi connectivity index (χ1v) is 10.7. The summed E-state index contributed by atoms with van der Waals surface area (Å²) in [4.78, 5) is 17.2. The number of rotatable bonds is 1. The van der Waals surface area contributed by atoms with Crippen molar-refractivity contribution in [1.29, 1.82) is 0 Å². The Hall–Kier alpha value is -2.97. The van der Waals surface area contributed by atoms with Gasteiger partial charge in [0.05, 0.1) is 37.2 Å². The SMILES string of the molecule is [C-]#[N+]c1cc(NC(=O)N2CCc3nn4c(c3C2)S(=O)(=O)CCC(O)C4)ccc1F. The van der Waals surface area contributed by atoms with Crippen molar-refractivity contribution < 1.29 is 22.7 Å². The zero-order chi connectivity index (χ0) is 20.8. The van der Waals surface area contributed by atoms with Crippen LogP contribution in [-0.2, 0) is 29.3 Å². The molecule has 0 saturated heterocycles. The molecule has 0 saturated carbocycles. The summed E-state index contributed by atoms with van der Waals surface area (Å²) in [6.07, 6.45) is -0.272. The van der Waals surface area contributed by atoms with Crippen molar-refractivity contribution in [2.45, 2.75) is 37.1 Å². The minimum Gasteiger partial charge on any atom is -0.391 e. The second-order valence-corrected chi connectivity index (χ2v) is 9.08. The summed E-state index contributed by atoms with van der Waals surface area (Å²) < 4.78 is 40.2. The number of aliphatic hydroxyl groups excluding tert-OH is 1. The average molecular weight is 419 g/mol. The molecule has 2 N–H and O–H groups in total. The van der Waals surface area contributed by atoms with Crippen LogP contribution in [0.4, 0.5) is 20.6 Å². The molecule has 2 aromatic rings. The summed E-state index contributed by atoms with van der Waals surface area (Å²) in [6, 6.07) is 3.22. The van der Waals surface area contributed by atoms with Gasteiger partial charge in [0.1, 0.15) is 5.82 Å². The minimum absolute atomic E-state index is 0.0582. The fraction of sp³-hybridized carbons (Fsp3) is 0.389. The molecule has 29 heavy (non-hydrogen) atoms. The maximum absolute atomic E-state index is 13.5. The Morgan fingerprint density at radius 2 is 2.21 bits per heavy atom. The van der Waals surface area contributed by atoms with Crippen LogP contribution in [0.3, 0.4) is 0 Å². The van der Waals surface area contributed by atoms with E-state index in [-0.39, 0.29) is 41.7 Å². The number of halogens is 1. The van der Waals surface area contributed by atoms with Crippen LogP contribution in [0.5, 0.6) is 0 Å². The van der Waals surface area contributed by atoms with Crippen molar-refractivity contribution in [3.63, 3.8) is 0 Å². The molecule has 1 atom stereocenters. The van der Waals surface area contributed by atoms with Crippen LogP contribution in [0.1, 0.15) is 17.7 Å². The third-order valence-electron chi connectivity index (χ3n) is 5.05. The first-order valence-electron chi connectivity index (χ1n) is 9.01. The van der Waals surface area contributed by atoms with Crippen LogP contribution < -0.4 is 5.32 Å². The van der Waals surface area contributed by atoms with Crippen LogP contribution in [0.2, 0.25) is 0 Å². The van der Waals surface area contributed by atoms with Gasteiger partial charge in [0.15, 0.2) is 14.9 Å². The summed E-state index contributed by atoms with van der Waals surface area (Å²) in [7, 11) is -3.62. The van der Waals surface area contributed by atoms with Crippen molar-refractivity contribution in [1.82, 2.24) is 14.7 Å². The van der Waals surface area contributed by atoms with Crippen molar-refractivity contribution in [3.05, 3.63) is 46.7 Å². The highest BCUT2D eigenvalue weighted by Crippen LogP contribution is 2.30. The Kier molecular flexibility index (Phi) is 4.76. The number of nitrogens with zero attached hydrogens (tertiary/aromatic N) is 4. The monoisotopic (exact) mass is 419 g/mol. The molecule has 2 amide bonds. The smallest absolute Gasteiger partial charge is 0.322 e. The number of aliphatic hydroxyl groups is 1. The topological polar surface area (TPSA) is 109 Å². The molecule has 1 aromatic carbocycles. The van der Waals surface area contributed by atoms with E-state index in [1.807, 2.05) is 0 Å². The molecular weight excluding hydrogens is 401 g/mol. The molecule has 0 bridgehead atoms. The third-order valence-corrected chi connectivity index (χ3v) is 6.87. The second-order valence-electron chi connectivity index (χ2n) is 7.05. The number of amides is 2. The van der Waals surface area contributed by atoms with Crippen molar-refractivity contribution in [2.24, 2.45) is 0 Å². The molecule has 4 rings (SSSR count). The number of urea groups is 1. The van der Waals surface area contributed by atoms with E-state index in [1.165, 1.54) is 21.7 Å². The van der Waals surface area contributed by atoms with Gasteiger partial charge >= 0.3 is 6.03 Å². The predicted molar refractivity (Wildman–Crippen MR) is 101 cm³/mol. The Balaban J connectivity index is 1.59. The number of aromatic nitrogens is 2. The van der Waals surface area contributed by atoms with Gasteiger partial charge in [-0.3, -0.25) is 4.68 Å². The van der Waals surface area contributed by atoms with E-state index in [0.717, 1.165) is 6.07 Å². The molecule has 152 valence electrons. The van der Waals surface area contributed by atoms with Crippen molar-refractivity contribution in [2.75, 3.05) is 17.6 Å². The Labute approximate surface area is 166 Å². The largest absolute Gasteiger partial charge is 0.391 e. The van der Waals surface area contributed by atoms with E-state index in [0.29, 0.717) is 24.2 Å². The van der Waals surface area contributed by atoms with Crippen LogP contribution in [-0.4, -0.2) is 52.6 Å². The molecular formula is C18H18FN5O4S. The number of carbonyl (C=O) groups excluding carboxylic acids is 1. The number of nitrogens with one attached hydrogen (secondary N) is 1. The molecule has 0 aliphatic carbocycles. The number of carbonyl (C=O) groups is 1. The maximum Gasteiger partial charge on any atom is 0.322 e. The lowest BCUT2D eigenvalue weighted by atomic mass is 10.1. The number of anilines is 1. The van der Waals surface area contributed by atoms with Gasteiger partial charge in [-0.05, 0) is 24.6 Å². The van der Waals surface area contributed by atoms with Crippen LogP contribution in [0.25, 0.3) is 4.85 Å². The molecule has 11 heteroatoms. The van der Waals surface area contributed by atoms with Crippen molar-refractivity contribution in [3.8, 4) is 0 Å². The molecule has 9 nitrogen and oxygen atoms in total. The highest BCUT2D eigenvalue weighted by atomic mass is 32.2. The number of sulfone groups is 1. The van der Waals surface area contributed by atoms with E-state index in [4.69, 9.17) is 6.57 Å². The molecule has 1 unspecified atom stereocenters. The van der Waals surface area contributed by atoms with Gasteiger partial charge in [-0.25, -0.2) is 22.4 Å².